The lowest BCUT2D eigenvalue weighted by Crippen LogP contribution is -2.32. The van der Waals surface area contributed by atoms with Gasteiger partial charge < -0.3 is 14.8 Å². The minimum absolute atomic E-state index is 0.0455. The van der Waals surface area contributed by atoms with E-state index in [-0.39, 0.29) is 26.4 Å². The van der Waals surface area contributed by atoms with Gasteiger partial charge in [-0.3, -0.25) is 13.6 Å². The van der Waals surface area contributed by atoms with Crippen molar-refractivity contribution in [2.45, 2.75) is 155 Å². The molecule has 0 saturated heterocycles. The Morgan fingerprint density at radius 2 is 0.980 bits per heavy atom. The predicted octanol–water partition coefficient (Wildman–Crippen LogP) is 12.1. The van der Waals surface area contributed by atoms with Gasteiger partial charge in [0.1, 0.15) is 0 Å². The molecule has 8 nitrogen and oxygen atoms in total. The SMILES string of the molecule is CCCCCCCCCCCCCCCCCCCCCCOC[C@H](COP(=O)(OCc1ccccc1)OCc1ccccc1)OC(=O)NC. The fourth-order valence-corrected chi connectivity index (χ4v) is 6.93. The number of rotatable bonds is 33. The molecule has 1 atom stereocenters. The number of carbonyl (C=O) groups is 1. The Labute approximate surface area is 304 Å². The molecule has 0 aromatic heterocycles. The molecule has 284 valence electrons. The molecule has 0 saturated carbocycles. The molecular formula is C41H68NO7P. The standard InChI is InChI=1S/C41H68NO7P/c1-3-4-5-6-7-8-9-10-11-12-13-14-15-16-17-18-19-20-21-28-33-45-36-40(49-41(43)42-2)37-48-50(44,46-34-38-29-24-22-25-30-38)47-35-39-31-26-23-27-32-39/h22-27,29-32,40H,3-21,28,33-37H2,1-2H3,(H,42,43)/t40-/m1/s1. The van der Waals surface area contributed by atoms with Crippen LogP contribution in [0.25, 0.3) is 0 Å². The second-order valence-corrected chi connectivity index (χ2v) is 15.0. The van der Waals surface area contributed by atoms with Crippen LogP contribution in [0.2, 0.25) is 0 Å². The molecule has 2 aromatic carbocycles. The molecule has 1 amide bonds. The molecule has 50 heavy (non-hydrogen) atoms. The third kappa shape index (κ3) is 24.1. The highest BCUT2D eigenvalue weighted by Crippen LogP contribution is 2.51. The van der Waals surface area contributed by atoms with E-state index < -0.39 is 20.0 Å². The van der Waals surface area contributed by atoms with Crippen molar-refractivity contribution in [3.05, 3.63) is 71.8 Å². The largest absolute Gasteiger partial charge is 0.475 e. The molecule has 9 heteroatoms. The fraction of sp³-hybridized carbons (Fsp3) is 0.683. The van der Waals surface area contributed by atoms with Crippen molar-refractivity contribution in [3.63, 3.8) is 0 Å². The highest BCUT2D eigenvalue weighted by atomic mass is 31.2. The van der Waals surface area contributed by atoms with E-state index in [0.717, 1.165) is 24.0 Å². The van der Waals surface area contributed by atoms with E-state index in [9.17, 15) is 9.36 Å². The highest BCUT2D eigenvalue weighted by Gasteiger charge is 2.30. The number of hydrogen-bond acceptors (Lipinski definition) is 7. The molecule has 2 rings (SSSR count). The normalized spacial score (nSPS) is 12.2. The summed E-state index contributed by atoms with van der Waals surface area (Å²) in [5.41, 5.74) is 1.66. The number of alkyl carbamates (subject to hydrolysis) is 1. The first-order valence-corrected chi connectivity index (χ1v) is 21.1. The summed E-state index contributed by atoms with van der Waals surface area (Å²) in [7, 11) is -2.52. The molecule has 1 N–H and O–H groups in total. The Balaban J connectivity index is 1.55. The Bertz CT molecular complexity index is 1060. The van der Waals surface area contributed by atoms with Gasteiger partial charge in [-0.25, -0.2) is 9.36 Å². The summed E-state index contributed by atoms with van der Waals surface area (Å²) in [4.78, 5) is 12.0. The number of benzene rings is 2. The monoisotopic (exact) mass is 717 g/mol. The smallest absolute Gasteiger partial charge is 0.441 e. The van der Waals surface area contributed by atoms with E-state index >= 15 is 0 Å². The summed E-state index contributed by atoms with van der Waals surface area (Å²) in [5, 5.41) is 2.45. The third-order valence-corrected chi connectivity index (χ3v) is 10.2. The van der Waals surface area contributed by atoms with Crippen LogP contribution in [-0.4, -0.2) is 39.1 Å². The number of phosphoric ester groups is 1. The lowest BCUT2D eigenvalue weighted by molar-refractivity contribution is -0.0130. The number of amides is 1. The van der Waals surface area contributed by atoms with Crippen LogP contribution in [0, 0.1) is 0 Å². The summed E-state index contributed by atoms with van der Waals surface area (Å²) in [6, 6.07) is 18.8. The quantitative estimate of drug-likeness (QED) is 0.0580. The summed E-state index contributed by atoms with van der Waals surface area (Å²) in [6.07, 6.45) is 25.4. The molecule has 0 heterocycles. The van der Waals surface area contributed by atoms with Crippen molar-refractivity contribution < 1.29 is 32.4 Å². The number of carbonyl (C=O) groups excluding carboxylic acids is 1. The average molecular weight is 718 g/mol. The summed E-state index contributed by atoms with van der Waals surface area (Å²) in [5.74, 6) is 0. The predicted molar refractivity (Wildman–Crippen MR) is 204 cm³/mol. The molecule has 0 aliphatic carbocycles. The van der Waals surface area contributed by atoms with Crippen molar-refractivity contribution in [2.75, 3.05) is 26.9 Å². The number of unbranched alkanes of at least 4 members (excludes halogenated alkanes) is 19. The van der Waals surface area contributed by atoms with Crippen molar-refractivity contribution in [2.24, 2.45) is 0 Å². The molecule has 0 fully saturated rings. The summed E-state index contributed by atoms with van der Waals surface area (Å²) >= 11 is 0. The first-order chi connectivity index (χ1) is 24.5. The third-order valence-electron chi connectivity index (χ3n) is 8.81. The van der Waals surface area contributed by atoms with Gasteiger partial charge in [0.15, 0.2) is 6.10 Å². The van der Waals surface area contributed by atoms with E-state index in [4.69, 9.17) is 23.0 Å². The number of hydrogen-bond donors (Lipinski definition) is 1. The Morgan fingerprint density at radius 3 is 1.38 bits per heavy atom. The van der Waals surface area contributed by atoms with Crippen LogP contribution in [-0.2, 0) is 40.8 Å². The number of phosphoric acid groups is 1. The fourth-order valence-electron chi connectivity index (χ4n) is 5.74. The van der Waals surface area contributed by atoms with Gasteiger partial charge in [0.2, 0.25) is 0 Å². The van der Waals surface area contributed by atoms with Crippen molar-refractivity contribution in [3.8, 4) is 0 Å². The van der Waals surface area contributed by atoms with Crippen LogP contribution in [0.15, 0.2) is 60.7 Å². The maximum atomic E-state index is 13.6. The van der Waals surface area contributed by atoms with Crippen molar-refractivity contribution in [1.29, 1.82) is 0 Å². The zero-order valence-electron chi connectivity index (χ0n) is 31.3. The number of nitrogens with one attached hydrogen (secondary N) is 1. The Kier molecular flexibility index (Phi) is 26.7. The van der Waals surface area contributed by atoms with Gasteiger partial charge in [0.05, 0.1) is 26.4 Å². The van der Waals surface area contributed by atoms with E-state index in [2.05, 4.69) is 12.2 Å². The lowest BCUT2D eigenvalue weighted by Gasteiger charge is -2.22. The second kappa shape index (κ2) is 30.4. The first kappa shape index (κ1) is 43.9. The molecular weight excluding hydrogens is 649 g/mol. The van der Waals surface area contributed by atoms with E-state index in [0.29, 0.717) is 6.61 Å². The zero-order valence-corrected chi connectivity index (χ0v) is 32.2. The van der Waals surface area contributed by atoms with Gasteiger partial charge in [0.25, 0.3) is 0 Å². The zero-order chi connectivity index (χ0) is 35.8. The first-order valence-electron chi connectivity index (χ1n) is 19.6. The summed E-state index contributed by atoms with van der Waals surface area (Å²) in [6.45, 7) is 2.84. The lowest BCUT2D eigenvalue weighted by atomic mass is 10.0. The van der Waals surface area contributed by atoms with E-state index in [1.54, 1.807) is 0 Å². The van der Waals surface area contributed by atoms with Crippen LogP contribution in [0.4, 0.5) is 4.79 Å². The van der Waals surface area contributed by atoms with Gasteiger partial charge in [-0.05, 0) is 17.5 Å². The van der Waals surface area contributed by atoms with E-state index in [1.807, 2.05) is 60.7 Å². The van der Waals surface area contributed by atoms with Crippen LogP contribution >= 0.6 is 7.82 Å². The molecule has 0 unspecified atom stereocenters. The van der Waals surface area contributed by atoms with E-state index in [1.165, 1.54) is 123 Å². The van der Waals surface area contributed by atoms with Crippen LogP contribution in [0.5, 0.6) is 0 Å². The highest BCUT2D eigenvalue weighted by molar-refractivity contribution is 7.48. The minimum atomic E-state index is -4.01. The molecule has 0 aliphatic heterocycles. The molecule has 2 aromatic rings. The van der Waals surface area contributed by atoms with Gasteiger partial charge >= 0.3 is 13.9 Å². The van der Waals surface area contributed by atoms with Crippen molar-refractivity contribution >= 4 is 13.9 Å². The van der Waals surface area contributed by atoms with Crippen LogP contribution in [0.3, 0.4) is 0 Å². The van der Waals surface area contributed by atoms with Gasteiger partial charge in [-0.2, -0.15) is 0 Å². The average Bonchev–Trinajstić information content (AvgIpc) is 3.15. The van der Waals surface area contributed by atoms with Crippen molar-refractivity contribution in [1.82, 2.24) is 5.32 Å². The Hall–Kier alpha value is -2.22. The van der Waals surface area contributed by atoms with Gasteiger partial charge in [-0.1, -0.05) is 190 Å². The molecule has 0 aliphatic rings. The molecule has 0 bridgehead atoms. The summed E-state index contributed by atoms with van der Waals surface area (Å²) < 4.78 is 42.0. The second-order valence-electron chi connectivity index (χ2n) is 13.3. The van der Waals surface area contributed by atoms with Crippen LogP contribution in [0.1, 0.15) is 146 Å². The van der Waals surface area contributed by atoms with Crippen LogP contribution < -0.4 is 5.32 Å². The molecule has 0 radical (unpaired) electrons. The van der Waals surface area contributed by atoms with Gasteiger partial charge in [-0.15, -0.1) is 0 Å². The van der Waals surface area contributed by atoms with Gasteiger partial charge in [0, 0.05) is 13.7 Å². The number of ether oxygens (including phenoxy) is 2. The topological polar surface area (TPSA) is 92.3 Å². The maximum Gasteiger partial charge on any atom is 0.475 e. The minimum Gasteiger partial charge on any atom is -0.441 e. The molecule has 0 spiro atoms. The Morgan fingerprint density at radius 1 is 0.580 bits per heavy atom. The maximum absolute atomic E-state index is 13.6.